The van der Waals surface area contributed by atoms with Crippen LogP contribution in [0.2, 0.25) is 0 Å². The van der Waals surface area contributed by atoms with E-state index in [4.69, 9.17) is 21.7 Å². The Morgan fingerprint density at radius 2 is 1.75 bits per heavy atom. The van der Waals surface area contributed by atoms with E-state index >= 15 is 0 Å². The van der Waals surface area contributed by atoms with Crippen LogP contribution in [0.4, 0.5) is 5.69 Å². The maximum absolute atomic E-state index is 5.67. The summed E-state index contributed by atoms with van der Waals surface area (Å²) in [6.07, 6.45) is 0.166. The lowest BCUT2D eigenvalue weighted by Gasteiger charge is -2.27. The number of hydrogen-bond acceptors (Lipinski definition) is 4. The van der Waals surface area contributed by atoms with E-state index in [0.29, 0.717) is 11.7 Å². The van der Waals surface area contributed by atoms with Gasteiger partial charge in [-0.15, -0.1) is 0 Å². The number of nitrogens with zero attached hydrogens (tertiary/aromatic N) is 1. The molecule has 0 aromatic heterocycles. The number of nitrogens with one attached hydrogen (secondary N) is 2. The van der Waals surface area contributed by atoms with E-state index in [0.717, 1.165) is 44.3 Å². The Bertz CT molecular complexity index is 759. The van der Waals surface area contributed by atoms with Gasteiger partial charge in [-0.2, -0.15) is 0 Å². The Morgan fingerprint density at radius 1 is 1.07 bits per heavy atom. The maximum atomic E-state index is 5.67. The molecule has 1 heterocycles. The van der Waals surface area contributed by atoms with E-state index in [2.05, 4.69) is 39.8 Å². The molecule has 0 bridgehead atoms. The van der Waals surface area contributed by atoms with Crippen molar-refractivity contribution in [2.45, 2.75) is 33.0 Å². The van der Waals surface area contributed by atoms with Gasteiger partial charge in [0.2, 0.25) is 0 Å². The fourth-order valence-corrected chi connectivity index (χ4v) is 3.31. The van der Waals surface area contributed by atoms with Gasteiger partial charge in [-0.3, -0.25) is 4.90 Å². The molecule has 0 atom stereocenters. The quantitative estimate of drug-likeness (QED) is 0.691. The molecule has 1 saturated heterocycles. The minimum absolute atomic E-state index is 0.166. The van der Waals surface area contributed by atoms with Crippen molar-refractivity contribution in [3.63, 3.8) is 0 Å². The minimum Gasteiger partial charge on any atom is -0.491 e. The first-order valence-electron chi connectivity index (χ1n) is 9.78. The molecule has 28 heavy (non-hydrogen) atoms. The summed E-state index contributed by atoms with van der Waals surface area (Å²) >= 11 is 5.46. The van der Waals surface area contributed by atoms with Crippen molar-refractivity contribution in [1.29, 1.82) is 0 Å². The zero-order valence-electron chi connectivity index (χ0n) is 16.6. The van der Waals surface area contributed by atoms with Crippen molar-refractivity contribution in [3.05, 3.63) is 59.7 Å². The number of thiocarbonyl (C=S) groups is 1. The number of rotatable bonds is 7. The van der Waals surface area contributed by atoms with Gasteiger partial charge in [0, 0.05) is 31.9 Å². The summed E-state index contributed by atoms with van der Waals surface area (Å²) in [6.45, 7) is 9.27. The Balaban J connectivity index is 1.51. The minimum atomic E-state index is 0.166. The molecular weight excluding hydrogens is 370 g/mol. The number of ether oxygens (including phenoxy) is 2. The van der Waals surface area contributed by atoms with Crippen LogP contribution in [-0.4, -0.2) is 42.4 Å². The average molecular weight is 400 g/mol. The summed E-state index contributed by atoms with van der Waals surface area (Å²) in [5.74, 6) is 0.858. The van der Waals surface area contributed by atoms with Gasteiger partial charge >= 0.3 is 0 Å². The molecule has 1 fully saturated rings. The lowest BCUT2D eigenvalue weighted by molar-refractivity contribution is 0.0341. The van der Waals surface area contributed by atoms with E-state index in [1.54, 1.807) is 0 Å². The zero-order valence-corrected chi connectivity index (χ0v) is 17.4. The van der Waals surface area contributed by atoms with Crippen molar-refractivity contribution in [2.75, 3.05) is 31.6 Å². The predicted molar refractivity (Wildman–Crippen MR) is 118 cm³/mol. The van der Waals surface area contributed by atoms with Crippen LogP contribution < -0.4 is 15.4 Å². The van der Waals surface area contributed by atoms with Crippen molar-refractivity contribution < 1.29 is 9.47 Å². The number of morpholine rings is 1. The molecule has 3 rings (SSSR count). The molecule has 0 saturated carbocycles. The molecular formula is C22H29N3O2S. The molecule has 1 aliphatic heterocycles. The molecule has 2 aromatic carbocycles. The van der Waals surface area contributed by atoms with E-state index in [9.17, 15) is 0 Å². The second-order valence-corrected chi connectivity index (χ2v) is 7.56. The molecule has 150 valence electrons. The molecule has 1 aliphatic rings. The Hall–Kier alpha value is -2.15. The normalized spacial score (nSPS) is 14.7. The third-order valence-corrected chi connectivity index (χ3v) is 4.79. The molecule has 0 amide bonds. The molecule has 0 aliphatic carbocycles. The molecule has 6 heteroatoms. The summed E-state index contributed by atoms with van der Waals surface area (Å²) in [5.41, 5.74) is 3.53. The largest absolute Gasteiger partial charge is 0.491 e. The van der Waals surface area contributed by atoms with Gasteiger partial charge in [0.25, 0.3) is 0 Å². The highest BCUT2D eigenvalue weighted by molar-refractivity contribution is 7.80. The second kappa shape index (κ2) is 10.4. The van der Waals surface area contributed by atoms with Crippen LogP contribution in [0.3, 0.4) is 0 Å². The number of hydrogen-bond donors (Lipinski definition) is 2. The van der Waals surface area contributed by atoms with Crippen LogP contribution >= 0.6 is 12.2 Å². The van der Waals surface area contributed by atoms with Gasteiger partial charge in [-0.25, -0.2) is 0 Å². The zero-order chi connectivity index (χ0) is 19.8. The number of benzene rings is 2. The third kappa shape index (κ3) is 6.48. The molecule has 2 N–H and O–H groups in total. The highest BCUT2D eigenvalue weighted by Gasteiger charge is 2.12. The SMILES string of the molecule is CC(C)Oc1ccc(NC(=S)NCc2ccccc2CN2CCOCC2)cc1. The average Bonchev–Trinajstić information content (AvgIpc) is 2.69. The first-order chi connectivity index (χ1) is 13.6. The smallest absolute Gasteiger partial charge is 0.171 e. The third-order valence-electron chi connectivity index (χ3n) is 4.54. The monoisotopic (exact) mass is 399 g/mol. The van der Waals surface area contributed by atoms with E-state index < -0.39 is 0 Å². The highest BCUT2D eigenvalue weighted by Crippen LogP contribution is 2.17. The molecule has 0 unspecified atom stereocenters. The van der Waals surface area contributed by atoms with Gasteiger partial charge < -0.3 is 20.1 Å². The fraction of sp³-hybridized carbons (Fsp3) is 0.409. The summed E-state index contributed by atoms with van der Waals surface area (Å²) in [5, 5.41) is 7.16. The molecule has 0 spiro atoms. The Kier molecular flexibility index (Phi) is 7.65. The van der Waals surface area contributed by atoms with Gasteiger partial charge in [0.1, 0.15) is 5.75 Å². The highest BCUT2D eigenvalue weighted by atomic mass is 32.1. The van der Waals surface area contributed by atoms with Crippen molar-refractivity contribution in [2.24, 2.45) is 0 Å². The van der Waals surface area contributed by atoms with Gasteiger partial charge in [-0.1, -0.05) is 24.3 Å². The van der Waals surface area contributed by atoms with Crippen molar-refractivity contribution in [1.82, 2.24) is 10.2 Å². The van der Waals surface area contributed by atoms with Crippen LogP contribution in [0, 0.1) is 0 Å². The Morgan fingerprint density at radius 3 is 2.43 bits per heavy atom. The molecule has 2 aromatic rings. The van der Waals surface area contributed by atoms with Gasteiger partial charge in [-0.05, 0) is 61.5 Å². The fourth-order valence-electron chi connectivity index (χ4n) is 3.12. The maximum Gasteiger partial charge on any atom is 0.171 e. The summed E-state index contributed by atoms with van der Waals surface area (Å²) in [4.78, 5) is 2.43. The van der Waals surface area contributed by atoms with Crippen LogP contribution in [0.5, 0.6) is 5.75 Å². The summed E-state index contributed by atoms with van der Waals surface area (Å²) < 4.78 is 11.1. The van der Waals surface area contributed by atoms with Crippen LogP contribution in [0.25, 0.3) is 0 Å². The molecule has 5 nitrogen and oxygen atoms in total. The number of anilines is 1. The van der Waals surface area contributed by atoms with Crippen LogP contribution in [0.15, 0.2) is 48.5 Å². The van der Waals surface area contributed by atoms with E-state index in [-0.39, 0.29) is 6.10 Å². The lowest BCUT2D eigenvalue weighted by Crippen LogP contribution is -2.36. The lowest BCUT2D eigenvalue weighted by atomic mass is 10.1. The summed E-state index contributed by atoms with van der Waals surface area (Å²) in [7, 11) is 0. The topological polar surface area (TPSA) is 45.8 Å². The predicted octanol–water partition coefficient (Wildman–Crippen LogP) is 3.79. The van der Waals surface area contributed by atoms with Crippen LogP contribution in [-0.2, 0) is 17.8 Å². The van der Waals surface area contributed by atoms with E-state index in [1.165, 1.54) is 11.1 Å². The summed E-state index contributed by atoms with van der Waals surface area (Å²) in [6, 6.07) is 16.3. The van der Waals surface area contributed by atoms with Gasteiger partial charge in [0.15, 0.2) is 5.11 Å². The first kappa shape index (κ1) is 20.6. The Labute approximate surface area is 173 Å². The first-order valence-corrected chi connectivity index (χ1v) is 10.2. The van der Waals surface area contributed by atoms with E-state index in [1.807, 2.05) is 38.1 Å². The second-order valence-electron chi connectivity index (χ2n) is 7.16. The molecule has 0 radical (unpaired) electrons. The standard InChI is InChI=1S/C22H29N3O2S/c1-17(2)27-21-9-7-20(8-10-21)24-22(28)23-15-18-5-3-4-6-19(18)16-25-11-13-26-14-12-25/h3-10,17H,11-16H2,1-2H3,(H2,23,24,28). The van der Waals surface area contributed by atoms with Crippen molar-refractivity contribution in [3.8, 4) is 5.75 Å². The van der Waals surface area contributed by atoms with Crippen LogP contribution in [0.1, 0.15) is 25.0 Å². The van der Waals surface area contributed by atoms with Gasteiger partial charge in [0.05, 0.1) is 19.3 Å². The van der Waals surface area contributed by atoms with Crippen molar-refractivity contribution >= 4 is 23.0 Å².